The quantitative estimate of drug-likeness (QED) is 0.459. The topological polar surface area (TPSA) is 152 Å². The predicted molar refractivity (Wildman–Crippen MR) is 78.1 cm³/mol. The third-order valence-electron chi connectivity index (χ3n) is 3.56. The van der Waals surface area contributed by atoms with Crippen molar-refractivity contribution in [1.29, 1.82) is 0 Å². The highest BCUT2D eigenvalue weighted by Gasteiger charge is 2.44. The highest BCUT2D eigenvalue weighted by atomic mass is 16.7. The first-order valence-electron chi connectivity index (χ1n) is 6.92. The largest absolute Gasteiger partial charge is 0.387 e. The number of aromatic nitrogens is 4. The molecule has 0 saturated carbocycles. The number of nitrogens with two attached hydrogens (primary N) is 1. The molecule has 11 nitrogen and oxygen atoms in total. The van der Waals surface area contributed by atoms with Gasteiger partial charge in [0.25, 0.3) is 5.56 Å². The number of hydroxylamine groups is 2. The second-order valence-electron chi connectivity index (χ2n) is 5.43. The molecule has 0 radical (unpaired) electrons. The summed E-state index contributed by atoms with van der Waals surface area (Å²) >= 11 is 0. The van der Waals surface area contributed by atoms with Gasteiger partial charge in [0.15, 0.2) is 17.4 Å². The Bertz CT molecular complexity index is 758. The molecule has 0 amide bonds. The summed E-state index contributed by atoms with van der Waals surface area (Å²) < 4.78 is 7.01. The number of nitrogens with zero attached hydrogens (tertiary/aromatic N) is 4. The summed E-state index contributed by atoms with van der Waals surface area (Å²) in [5.74, 6) is -0.0789. The van der Waals surface area contributed by atoms with E-state index in [4.69, 9.17) is 15.3 Å². The van der Waals surface area contributed by atoms with Crippen molar-refractivity contribution in [1.82, 2.24) is 24.6 Å². The van der Waals surface area contributed by atoms with Gasteiger partial charge in [-0.2, -0.15) is 10.0 Å². The lowest BCUT2D eigenvalue weighted by atomic mass is 10.1. The molecule has 2 aromatic heterocycles. The average Bonchev–Trinajstić information content (AvgIpc) is 3.00. The van der Waals surface area contributed by atoms with Crippen LogP contribution in [0.25, 0.3) is 11.2 Å². The minimum absolute atomic E-state index is 0.0600. The number of aliphatic hydroxyl groups is 2. The number of aromatic amines is 1. The Morgan fingerprint density at radius 3 is 2.91 bits per heavy atom. The summed E-state index contributed by atoms with van der Waals surface area (Å²) in [5, 5.41) is 21.8. The molecule has 2 aromatic rings. The monoisotopic (exact) mass is 326 g/mol. The lowest BCUT2D eigenvalue weighted by Crippen LogP contribution is -2.35. The maximum atomic E-state index is 11.8. The minimum Gasteiger partial charge on any atom is -0.387 e. The Morgan fingerprint density at radius 2 is 2.22 bits per heavy atom. The molecule has 0 bridgehead atoms. The van der Waals surface area contributed by atoms with Crippen molar-refractivity contribution in [2.24, 2.45) is 0 Å². The lowest BCUT2D eigenvalue weighted by Gasteiger charge is -2.17. The molecule has 5 N–H and O–H groups in total. The molecular weight excluding hydrogens is 308 g/mol. The van der Waals surface area contributed by atoms with Crippen LogP contribution in [0, 0.1) is 0 Å². The number of nitrogens with one attached hydrogen (secondary N) is 1. The zero-order chi connectivity index (χ0) is 16.7. The van der Waals surface area contributed by atoms with Crippen LogP contribution in [-0.2, 0) is 9.57 Å². The number of hydrogen-bond acceptors (Lipinski definition) is 9. The molecule has 3 rings (SSSR count). The number of hydrogen-bond donors (Lipinski definition) is 4. The molecule has 1 saturated heterocycles. The van der Waals surface area contributed by atoms with Gasteiger partial charge in [-0.15, -0.1) is 0 Å². The number of aliphatic hydroxyl groups excluding tert-OH is 2. The van der Waals surface area contributed by atoms with Crippen LogP contribution >= 0.6 is 0 Å². The van der Waals surface area contributed by atoms with Gasteiger partial charge in [0.1, 0.15) is 18.3 Å². The van der Waals surface area contributed by atoms with Crippen LogP contribution in [0.2, 0.25) is 0 Å². The molecule has 0 unspecified atom stereocenters. The van der Waals surface area contributed by atoms with Crippen molar-refractivity contribution in [3.05, 3.63) is 16.7 Å². The van der Waals surface area contributed by atoms with Crippen LogP contribution in [0.1, 0.15) is 6.23 Å². The molecule has 4 atom stereocenters. The summed E-state index contributed by atoms with van der Waals surface area (Å²) in [5.41, 5.74) is 5.27. The lowest BCUT2D eigenvalue weighted by molar-refractivity contribution is -0.165. The molecule has 1 fully saturated rings. The molecule has 0 aliphatic carbocycles. The van der Waals surface area contributed by atoms with Crippen LogP contribution < -0.4 is 11.3 Å². The Morgan fingerprint density at radius 1 is 1.48 bits per heavy atom. The van der Waals surface area contributed by atoms with Crippen molar-refractivity contribution in [2.45, 2.75) is 24.5 Å². The van der Waals surface area contributed by atoms with Gasteiger partial charge in [-0.25, -0.2) is 4.98 Å². The highest BCUT2D eigenvalue weighted by Crippen LogP contribution is 2.31. The number of nitrogen functional groups attached to an aromatic ring is 1. The van der Waals surface area contributed by atoms with Gasteiger partial charge in [0.2, 0.25) is 5.95 Å². The molecule has 1 aliphatic rings. The third-order valence-corrected chi connectivity index (χ3v) is 3.56. The molecule has 126 valence electrons. The summed E-state index contributed by atoms with van der Waals surface area (Å²) in [7, 11) is 3.38. The average molecular weight is 326 g/mol. The van der Waals surface area contributed by atoms with Crippen molar-refractivity contribution in [3.8, 4) is 0 Å². The van der Waals surface area contributed by atoms with Gasteiger partial charge in [0.05, 0.1) is 12.9 Å². The first-order valence-corrected chi connectivity index (χ1v) is 6.92. The van der Waals surface area contributed by atoms with Gasteiger partial charge in [0, 0.05) is 14.1 Å². The number of ether oxygens (including phenoxy) is 1. The van der Waals surface area contributed by atoms with E-state index in [1.807, 2.05) is 0 Å². The fourth-order valence-corrected chi connectivity index (χ4v) is 2.45. The molecular formula is C12H18N6O5. The minimum atomic E-state index is -1.23. The first-order chi connectivity index (χ1) is 10.9. The number of imidazole rings is 1. The molecule has 1 aliphatic heterocycles. The fraction of sp³-hybridized carbons (Fsp3) is 0.583. The molecule has 3 heterocycles. The van der Waals surface area contributed by atoms with Crippen LogP contribution in [0.4, 0.5) is 5.95 Å². The standard InChI is InChI=1S/C12H18N6O5/c1-17(2)22-3-5-7(19)8(20)11(23-5)18-4-14-6-9(18)15-12(13)16-10(6)21/h4-5,7-8,11,19-20H,3H2,1-2H3,(H3,13,15,16,21)/t5-,7-,8-,11-/m1/s1. The van der Waals surface area contributed by atoms with E-state index in [0.29, 0.717) is 0 Å². The maximum absolute atomic E-state index is 11.8. The zero-order valence-electron chi connectivity index (χ0n) is 12.6. The van der Waals surface area contributed by atoms with E-state index in [2.05, 4.69) is 15.0 Å². The van der Waals surface area contributed by atoms with Crippen LogP contribution in [0.15, 0.2) is 11.1 Å². The van der Waals surface area contributed by atoms with E-state index in [-0.39, 0.29) is 23.7 Å². The van der Waals surface area contributed by atoms with Crippen molar-refractivity contribution in [2.75, 3.05) is 26.4 Å². The number of fused-ring (bicyclic) bond motifs is 1. The third kappa shape index (κ3) is 2.80. The van der Waals surface area contributed by atoms with E-state index in [1.54, 1.807) is 14.1 Å². The van der Waals surface area contributed by atoms with Crippen LogP contribution in [0.3, 0.4) is 0 Å². The summed E-state index contributed by atoms with van der Waals surface area (Å²) in [4.78, 5) is 27.3. The van der Waals surface area contributed by atoms with E-state index in [9.17, 15) is 15.0 Å². The number of rotatable bonds is 4. The molecule has 11 heteroatoms. The second-order valence-corrected chi connectivity index (χ2v) is 5.43. The Hall–Kier alpha value is -2.05. The summed E-state index contributed by atoms with van der Waals surface area (Å²) in [6, 6.07) is 0. The van der Waals surface area contributed by atoms with Gasteiger partial charge in [-0.1, -0.05) is 0 Å². The van der Waals surface area contributed by atoms with Gasteiger partial charge >= 0.3 is 0 Å². The summed E-state index contributed by atoms with van der Waals surface area (Å²) in [6.45, 7) is 0.0600. The molecule has 23 heavy (non-hydrogen) atoms. The molecule has 0 aromatic carbocycles. The predicted octanol–water partition coefficient (Wildman–Crippen LogP) is -2.19. The van der Waals surface area contributed by atoms with Crippen molar-refractivity contribution in [3.63, 3.8) is 0 Å². The van der Waals surface area contributed by atoms with Gasteiger partial charge in [-0.05, 0) is 0 Å². The fourth-order valence-electron chi connectivity index (χ4n) is 2.45. The van der Waals surface area contributed by atoms with E-state index < -0.39 is 30.1 Å². The van der Waals surface area contributed by atoms with E-state index in [1.165, 1.54) is 16.0 Å². The van der Waals surface area contributed by atoms with Gasteiger partial charge in [-0.3, -0.25) is 19.2 Å². The van der Waals surface area contributed by atoms with Gasteiger partial charge < -0.3 is 20.7 Å². The second kappa shape index (κ2) is 5.86. The van der Waals surface area contributed by atoms with Crippen LogP contribution in [-0.4, -0.2) is 73.8 Å². The number of anilines is 1. The summed E-state index contributed by atoms with van der Waals surface area (Å²) in [6.07, 6.45) is -2.78. The van der Waals surface area contributed by atoms with Crippen LogP contribution in [0.5, 0.6) is 0 Å². The molecule has 0 spiro atoms. The Kier molecular flexibility index (Phi) is 4.04. The van der Waals surface area contributed by atoms with E-state index in [0.717, 1.165) is 0 Å². The first kappa shape index (κ1) is 15.8. The SMILES string of the molecule is CN(C)OC[C@H]1O[C@@H](n2cnc3c(=O)[nH]c(N)nc32)[C@H](O)[C@@H]1O. The van der Waals surface area contributed by atoms with E-state index >= 15 is 0 Å². The normalized spacial score (nSPS) is 28.0. The Labute approximate surface area is 130 Å². The van der Waals surface area contributed by atoms with Crippen molar-refractivity contribution < 1.29 is 19.8 Å². The Balaban J connectivity index is 1.91. The zero-order valence-corrected chi connectivity index (χ0v) is 12.6. The van der Waals surface area contributed by atoms with Crippen molar-refractivity contribution >= 4 is 17.1 Å². The smallest absolute Gasteiger partial charge is 0.280 e. The maximum Gasteiger partial charge on any atom is 0.280 e. The highest BCUT2D eigenvalue weighted by molar-refractivity contribution is 5.70. The number of H-pyrrole nitrogens is 1.